The Hall–Kier alpha value is -4.98. The Morgan fingerprint density at radius 2 is 1.21 bits per heavy atom. The van der Waals surface area contributed by atoms with Crippen LogP contribution in [0.5, 0.6) is 23.5 Å². The first-order chi connectivity index (χ1) is 27.3. The zero-order valence-corrected chi connectivity index (χ0v) is 33.5. The maximum Gasteiger partial charge on any atom is 0.272 e. The molecule has 27 heteroatoms. The van der Waals surface area contributed by atoms with Crippen molar-refractivity contribution in [2.75, 3.05) is 36.9 Å². The minimum Gasteiger partial charge on any atom is -0.479 e. The number of fused-ring (bicyclic) bond motifs is 2. The van der Waals surface area contributed by atoms with Crippen LogP contribution in [0.25, 0.3) is 21.9 Å². The van der Waals surface area contributed by atoms with Crippen LogP contribution < -0.4 is 28.4 Å². The summed E-state index contributed by atoms with van der Waals surface area (Å²) in [7, 11) is -6.35. The van der Waals surface area contributed by atoms with Gasteiger partial charge in [-0.1, -0.05) is 23.2 Å². The van der Waals surface area contributed by atoms with Crippen LogP contribution in [0.2, 0.25) is 10.2 Å². The second-order valence-electron chi connectivity index (χ2n) is 11.0. The fraction of sp³-hybridized carbons (Fsp3) is 0.194. The van der Waals surface area contributed by atoms with Crippen molar-refractivity contribution in [3.63, 3.8) is 0 Å². The summed E-state index contributed by atoms with van der Waals surface area (Å²) in [5.41, 5.74) is -0.696. The summed E-state index contributed by atoms with van der Waals surface area (Å²) in [5, 5.41) is 0.147. The van der Waals surface area contributed by atoms with Crippen molar-refractivity contribution in [1.82, 2.24) is 24.9 Å². The molecule has 0 aliphatic rings. The largest absolute Gasteiger partial charge is 0.479 e. The van der Waals surface area contributed by atoms with Gasteiger partial charge in [-0.05, 0) is 34.1 Å². The normalized spacial score (nSPS) is 11.8. The summed E-state index contributed by atoms with van der Waals surface area (Å²) >= 11 is 14.7. The third kappa shape index (κ3) is 9.82. The van der Waals surface area contributed by atoms with Crippen molar-refractivity contribution in [3.05, 3.63) is 74.8 Å². The third-order valence-electron chi connectivity index (χ3n) is 7.21. The predicted molar refractivity (Wildman–Crippen MR) is 198 cm³/mol. The van der Waals surface area contributed by atoms with Crippen LogP contribution in [0.15, 0.2) is 57.0 Å². The lowest BCUT2D eigenvalue weighted by Gasteiger charge is -2.13. The zero-order chi connectivity index (χ0) is 42.7. The lowest BCUT2D eigenvalue weighted by molar-refractivity contribution is 0.0768. The number of ether oxygens (including phenoxy) is 4. The fourth-order valence-corrected chi connectivity index (χ4v) is 7.83. The van der Waals surface area contributed by atoms with Gasteiger partial charge >= 0.3 is 0 Å². The van der Waals surface area contributed by atoms with Gasteiger partial charge in [-0.25, -0.2) is 52.6 Å². The molecule has 58 heavy (non-hydrogen) atoms. The number of hydrogen-bond acceptors (Lipinski definition) is 11. The van der Waals surface area contributed by atoms with Gasteiger partial charge in [-0.15, -0.1) is 0 Å². The number of nitrogens with zero attached hydrogens (tertiary/aromatic N) is 3. The Morgan fingerprint density at radius 3 is 1.69 bits per heavy atom. The SMILES string of the molecule is COc1nc(OCC(F)F)c(F)cc1NS(=O)(=O)c1c[nH]c2c(F)c(Cl)ccc12.COc1nc(OCC(F)F)c(F)cc1NS(=O)(=O)c1c[nH]c2nc(Cl)c(Br)cc12. The van der Waals surface area contributed by atoms with E-state index in [1.54, 1.807) is 0 Å². The Kier molecular flexibility index (Phi) is 13.6. The van der Waals surface area contributed by atoms with Gasteiger partial charge in [0.25, 0.3) is 44.7 Å². The molecule has 4 N–H and O–H groups in total. The molecule has 0 aliphatic carbocycles. The van der Waals surface area contributed by atoms with Crippen molar-refractivity contribution in [3.8, 4) is 23.5 Å². The average molecular weight is 969 g/mol. The van der Waals surface area contributed by atoms with Crippen LogP contribution in [0.1, 0.15) is 0 Å². The van der Waals surface area contributed by atoms with Crippen LogP contribution >= 0.6 is 39.1 Å². The Balaban J connectivity index is 0.000000221. The van der Waals surface area contributed by atoms with Gasteiger partial charge in [0, 0.05) is 35.3 Å². The van der Waals surface area contributed by atoms with E-state index < -0.39 is 86.9 Å². The summed E-state index contributed by atoms with van der Waals surface area (Å²) in [6, 6.07) is 5.31. The molecule has 0 amide bonds. The minimum absolute atomic E-state index is 0.00341. The van der Waals surface area contributed by atoms with Crippen LogP contribution in [-0.4, -0.2) is 82.0 Å². The highest BCUT2D eigenvalue weighted by Crippen LogP contribution is 2.35. The van der Waals surface area contributed by atoms with Gasteiger partial charge in [0.2, 0.25) is 11.8 Å². The highest BCUT2D eigenvalue weighted by molar-refractivity contribution is 9.10. The molecule has 6 aromatic rings. The fourth-order valence-electron chi connectivity index (χ4n) is 4.79. The molecule has 0 radical (unpaired) electrons. The third-order valence-corrected chi connectivity index (χ3v) is 11.4. The Labute approximate surface area is 340 Å². The lowest BCUT2D eigenvalue weighted by Crippen LogP contribution is -2.15. The Bertz CT molecular complexity index is 2610. The molecule has 1 aromatic carbocycles. The summed E-state index contributed by atoms with van der Waals surface area (Å²) in [4.78, 5) is 15.8. The number of halogens is 10. The molecule has 6 rings (SSSR count). The van der Waals surface area contributed by atoms with E-state index in [2.05, 4.69) is 59.8 Å². The first kappa shape index (κ1) is 44.1. The molecule has 0 aliphatic heterocycles. The van der Waals surface area contributed by atoms with Crippen LogP contribution in [-0.2, 0) is 20.0 Å². The second kappa shape index (κ2) is 17.9. The van der Waals surface area contributed by atoms with E-state index in [0.717, 1.165) is 20.4 Å². The molecule has 15 nitrogen and oxygen atoms in total. The van der Waals surface area contributed by atoms with Gasteiger partial charge < -0.3 is 28.9 Å². The van der Waals surface area contributed by atoms with Gasteiger partial charge in [-0.3, -0.25) is 9.44 Å². The molecule has 0 spiro atoms. The smallest absolute Gasteiger partial charge is 0.272 e. The average Bonchev–Trinajstić information content (AvgIpc) is 3.78. The number of aromatic nitrogens is 5. The molecule has 312 valence electrons. The topological polar surface area (TPSA) is 200 Å². The standard InChI is InChI=1S/C16H12ClF4N3O4S.C15H11BrClF3N4O4S/c1-27-16-10(4-9(18)15(23-16)28-6-12(19)20)24-29(25,26)11-5-22-14-7(11)2-3-8(17)13(14)21;1-27-15-9(3-8(18)14(23-15)28-5-11(19)20)24-29(25,26)10-4-21-13-6(10)2-7(16)12(17)22-13/h2-5,12,22,24H,6H2,1H3;2-4,11,24H,5H2,1H3,(H,21,22). The number of sulfonamides is 2. The van der Waals surface area contributed by atoms with Gasteiger partial charge in [0.15, 0.2) is 30.7 Å². The number of alkyl halides is 4. The predicted octanol–water partition coefficient (Wildman–Crippen LogP) is 7.91. The number of anilines is 2. The van der Waals surface area contributed by atoms with Gasteiger partial charge in [0.05, 0.1) is 29.2 Å². The van der Waals surface area contributed by atoms with E-state index in [1.165, 1.54) is 24.4 Å². The number of rotatable bonds is 14. The quantitative estimate of drug-likeness (QED) is 0.0611. The summed E-state index contributed by atoms with van der Waals surface area (Å²) in [5.74, 6) is -5.51. The van der Waals surface area contributed by atoms with E-state index in [0.29, 0.717) is 16.6 Å². The maximum absolute atomic E-state index is 14.1. The van der Waals surface area contributed by atoms with Crippen molar-refractivity contribution in [2.24, 2.45) is 0 Å². The molecular weight excluding hydrogens is 946 g/mol. The lowest BCUT2D eigenvalue weighted by atomic mass is 10.2. The first-order valence-electron chi connectivity index (χ1n) is 15.4. The van der Waals surface area contributed by atoms with E-state index in [1.807, 2.05) is 0 Å². The van der Waals surface area contributed by atoms with E-state index in [-0.39, 0.29) is 53.5 Å². The van der Waals surface area contributed by atoms with Gasteiger partial charge in [-0.2, -0.15) is 9.97 Å². The number of hydrogen-bond donors (Lipinski definition) is 4. The minimum atomic E-state index is -4.35. The van der Waals surface area contributed by atoms with E-state index >= 15 is 0 Å². The molecule has 5 heterocycles. The number of aromatic amines is 2. The number of H-pyrrole nitrogens is 2. The zero-order valence-electron chi connectivity index (χ0n) is 28.8. The molecule has 0 fully saturated rings. The summed E-state index contributed by atoms with van der Waals surface area (Å²) in [6.07, 6.45) is -3.50. The molecule has 5 aromatic heterocycles. The van der Waals surface area contributed by atoms with Crippen LogP contribution in [0.3, 0.4) is 0 Å². The maximum atomic E-state index is 14.1. The summed E-state index contributed by atoms with van der Waals surface area (Å²) < 4.78 is 166. The Morgan fingerprint density at radius 1 is 0.724 bits per heavy atom. The summed E-state index contributed by atoms with van der Waals surface area (Å²) in [6.45, 7) is -2.19. The molecular formula is C31H23BrCl2F7N7O8S2. The van der Waals surface area contributed by atoms with Crippen molar-refractivity contribution in [1.29, 1.82) is 0 Å². The van der Waals surface area contributed by atoms with Gasteiger partial charge in [0.1, 0.15) is 32.0 Å². The number of pyridine rings is 3. The van der Waals surface area contributed by atoms with E-state index in [9.17, 15) is 47.6 Å². The van der Waals surface area contributed by atoms with Crippen molar-refractivity contribution < 1.29 is 66.5 Å². The van der Waals surface area contributed by atoms with Crippen LogP contribution in [0.4, 0.5) is 42.1 Å². The van der Waals surface area contributed by atoms with Crippen molar-refractivity contribution >= 4 is 92.5 Å². The molecule has 0 atom stereocenters. The highest BCUT2D eigenvalue weighted by Gasteiger charge is 2.26. The first-order valence-corrected chi connectivity index (χ1v) is 19.9. The van der Waals surface area contributed by atoms with Crippen molar-refractivity contribution in [2.45, 2.75) is 22.6 Å². The molecule has 0 saturated carbocycles. The molecule has 0 unspecified atom stereocenters. The number of methoxy groups -OCH3 is 2. The van der Waals surface area contributed by atoms with E-state index in [4.69, 9.17) is 32.7 Å². The monoisotopic (exact) mass is 967 g/mol. The number of nitrogens with one attached hydrogen (secondary N) is 4. The molecule has 0 bridgehead atoms. The van der Waals surface area contributed by atoms with Crippen LogP contribution in [0, 0.1) is 17.5 Å². The second-order valence-corrected chi connectivity index (χ2v) is 15.9. The molecule has 0 saturated heterocycles. The number of benzene rings is 1. The highest BCUT2D eigenvalue weighted by atomic mass is 79.9.